The number of hydrogen-bond donors (Lipinski definition) is 1. The summed E-state index contributed by atoms with van der Waals surface area (Å²) in [5, 5.41) is 0.962. The van der Waals surface area contributed by atoms with Gasteiger partial charge in [-0.1, -0.05) is 31.2 Å². The number of aryl methyl sites for hydroxylation is 1. The van der Waals surface area contributed by atoms with E-state index in [1.54, 1.807) is 6.33 Å². The molecular weight excluding hydrogens is 284 g/mol. The molecule has 23 heavy (non-hydrogen) atoms. The van der Waals surface area contributed by atoms with Crippen molar-refractivity contribution < 1.29 is 0 Å². The quantitative estimate of drug-likeness (QED) is 0.793. The van der Waals surface area contributed by atoms with Crippen molar-refractivity contribution in [1.82, 2.24) is 14.5 Å². The Morgan fingerprint density at radius 3 is 3.00 bits per heavy atom. The largest absolute Gasteiger partial charge is 0.383 e. The van der Waals surface area contributed by atoms with Crippen LogP contribution >= 0.6 is 0 Å². The third-order valence-electron chi connectivity index (χ3n) is 5.17. The van der Waals surface area contributed by atoms with Gasteiger partial charge in [0.2, 0.25) is 0 Å². The van der Waals surface area contributed by atoms with E-state index < -0.39 is 0 Å². The molecule has 4 heteroatoms. The second-order valence-corrected chi connectivity index (χ2v) is 6.48. The number of fused-ring (bicyclic) bond motifs is 1. The molecule has 118 valence electrons. The van der Waals surface area contributed by atoms with Crippen molar-refractivity contribution in [3.8, 4) is 0 Å². The molecule has 1 saturated carbocycles. The summed E-state index contributed by atoms with van der Waals surface area (Å²) < 4.78 is 2.29. The predicted octanol–water partition coefficient (Wildman–Crippen LogP) is 4.08. The van der Waals surface area contributed by atoms with Crippen LogP contribution in [0.2, 0.25) is 0 Å². The van der Waals surface area contributed by atoms with E-state index in [9.17, 15) is 0 Å². The van der Waals surface area contributed by atoms with Gasteiger partial charge < -0.3 is 10.3 Å². The maximum absolute atomic E-state index is 5.95. The molecule has 1 aliphatic carbocycles. The van der Waals surface area contributed by atoms with Gasteiger partial charge in [-0.2, -0.15) is 0 Å². The number of nitrogens with zero attached hydrogens (tertiary/aromatic N) is 3. The number of nitrogens with two attached hydrogens (primary N) is 1. The molecule has 1 fully saturated rings. The molecule has 2 N–H and O–H groups in total. The van der Waals surface area contributed by atoms with Crippen molar-refractivity contribution in [1.29, 1.82) is 0 Å². The highest BCUT2D eigenvalue weighted by Crippen LogP contribution is 2.42. The average Bonchev–Trinajstić information content (AvgIpc) is 3.22. The molecule has 3 aromatic rings. The summed E-state index contributed by atoms with van der Waals surface area (Å²) >= 11 is 0. The molecule has 4 nitrogen and oxygen atoms in total. The lowest BCUT2D eigenvalue weighted by Gasteiger charge is -2.15. The van der Waals surface area contributed by atoms with Crippen LogP contribution < -0.4 is 5.73 Å². The van der Waals surface area contributed by atoms with Crippen LogP contribution in [0.5, 0.6) is 0 Å². The fraction of sp³-hybridized carbons (Fsp3) is 0.368. The highest BCUT2D eigenvalue weighted by atomic mass is 15.1. The SMILES string of the molecule is CCc1cccc(C2CCC(n3ccc4c(N)ncnc43)C2)c1. The lowest BCUT2D eigenvalue weighted by Crippen LogP contribution is -2.05. The zero-order valence-electron chi connectivity index (χ0n) is 13.4. The van der Waals surface area contributed by atoms with Crippen molar-refractivity contribution in [2.24, 2.45) is 0 Å². The molecule has 0 amide bonds. The number of anilines is 1. The van der Waals surface area contributed by atoms with E-state index in [0.29, 0.717) is 17.8 Å². The summed E-state index contributed by atoms with van der Waals surface area (Å²) in [5.74, 6) is 1.21. The first-order chi connectivity index (χ1) is 11.3. The molecule has 0 bridgehead atoms. The second kappa shape index (κ2) is 5.69. The number of rotatable bonds is 3. The summed E-state index contributed by atoms with van der Waals surface area (Å²) in [4.78, 5) is 8.53. The standard InChI is InChI=1S/C19H22N4/c1-2-13-4-3-5-14(10-13)15-6-7-16(11-15)23-9-8-17-18(20)21-12-22-19(17)23/h3-5,8-10,12,15-16H,2,6-7,11H2,1H3,(H2,20,21,22). The highest BCUT2D eigenvalue weighted by molar-refractivity contribution is 5.86. The molecule has 2 aromatic heterocycles. The van der Waals surface area contributed by atoms with E-state index >= 15 is 0 Å². The fourth-order valence-electron chi connectivity index (χ4n) is 3.87. The van der Waals surface area contributed by atoms with Gasteiger partial charge in [0.15, 0.2) is 0 Å². The minimum Gasteiger partial charge on any atom is -0.383 e. The molecule has 2 atom stereocenters. The van der Waals surface area contributed by atoms with E-state index in [4.69, 9.17) is 5.73 Å². The number of hydrogen-bond acceptors (Lipinski definition) is 3. The van der Waals surface area contributed by atoms with Crippen molar-refractivity contribution >= 4 is 16.9 Å². The maximum Gasteiger partial charge on any atom is 0.145 e. The average molecular weight is 306 g/mol. The summed E-state index contributed by atoms with van der Waals surface area (Å²) in [6.45, 7) is 2.21. The Bertz CT molecular complexity index is 836. The van der Waals surface area contributed by atoms with Gasteiger partial charge in [-0.25, -0.2) is 9.97 Å². The summed E-state index contributed by atoms with van der Waals surface area (Å²) in [7, 11) is 0. The van der Waals surface area contributed by atoms with Gasteiger partial charge in [-0.15, -0.1) is 0 Å². The summed E-state index contributed by atoms with van der Waals surface area (Å²) in [5.41, 5.74) is 9.83. The smallest absolute Gasteiger partial charge is 0.145 e. The molecule has 2 heterocycles. The van der Waals surface area contributed by atoms with Crippen LogP contribution in [0.15, 0.2) is 42.9 Å². The zero-order valence-corrected chi connectivity index (χ0v) is 13.4. The number of benzene rings is 1. The van der Waals surface area contributed by atoms with Gasteiger partial charge in [-0.3, -0.25) is 0 Å². The monoisotopic (exact) mass is 306 g/mol. The Morgan fingerprint density at radius 1 is 1.22 bits per heavy atom. The van der Waals surface area contributed by atoms with Crippen LogP contribution in [0.1, 0.15) is 49.3 Å². The van der Waals surface area contributed by atoms with Gasteiger partial charge in [0, 0.05) is 12.2 Å². The number of aromatic nitrogens is 3. The topological polar surface area (TPSA) is 56.7 Å². The molecule has 1 aromatic carbocycles. The predicted molar refractivity (Wildman–Crippen MR) is 93.4 cm³/mol. The zero-order chi connectivity index (χ0) is 15.8. The lowest BCUT2D eigenvalue weighted by atomic mass is 9.95. The van der Waals surface area contributed by atoms with Crippen LogP contribution in [0.25, 0.3) is 11.0 Å². The third-order valence-corrected chi connectivity index (χ3v) is 5.17. The molecule has 0 aliphatic heterocycles. The van der Waals surface area contributed by atoms with E-state index in [0.717, 1.165) is 17.5 Å². The molecule has 1 aliphatic rings. The first-order valence-corrected chi connectivity index (χ1v) is 8.42. The minimum atomic E-state index is 0.497. The van der Waals surface area contributed by atoms with Crippen molar-refractivity contribution in [3.63, 3.8) is 0 Å². The molecule has 0 saturated heterocycles. The molecular formula is C19H22N4. The van der Waals surface area contributed by atoms with Crippen LogP contribution in [-0.4, -0.2) is 14.5 Å². The van der Waals surface area contributed by atoms with Crippen molar-refractivity contribution in [2.75, 3.05) is 5.73 Å². The Kier molecular flexibility index (Phi) is 3.52. The minimum absolute atomic E-state index is 0.497. The van der Waals surface area contributed by atoms with Gasteiger partial charge in [0.05, 0.1) is 5.39 Å². The fourth-order valence-corrected chi connectivity index (χ4v) is 3.87. The third kappa shape index (κ3) is 2.48. The van der Waals surface area contributed by atoms with Crippen LogP contribution in [0, 0.1) is 0 Å². The first kappa shape index (κ1) is 14.2. The van der Waals surface area contributed by atoms with Crippen molar-refractivity contribution in [3.05, 3.63) is 54.0 Å². The Morgan fingerprint density at radius 2 is 2.13 bits per heavy atom. The normalized spacial score (nSPS) is 21.1. The molecule has 0 spiro atoms. The van der Waals surface area contributed by atoms with Gasteiger partial charge in [0.1, 0.15) is 17.8 Å². The van der Waals surface area contributed by atoms with E-state index in [-0.39, 0.29) is 0 Å². The van der Waals surface area contributed by atoms with Crippen LogP contribution in [0.3, 0.4) is 0 Å². The Balaban J connectivity index is 1.61. The summed E-state index contributed by atoms with van der Waals surface area (Å²) in [6.07, 6.45) is 8.37. The highest BCUT2D eigenvalue weighted by Gasteiger charge is 2.28. The van der Waals surface area contributed by atoms with Gasteiger partial charge in [0.25, 0.3) is 0 Å². The second-order valence-electron chi connectivity index (χ2n) is 6.48. The Labute approximate surface area is 136 Å². The molecule has 0 radical (unpaired) electrons. The molecule has 2 unspecified atom stereocenters. The maximum atomic E-state index is 5.95. The van der Waals surface area contributed by atoms with Gasteiger partial charge in [-0.05, 0) is 48.8 Å². The van der Waals surface area contributed by atoms with E-state index in [2.05, 4.69) is 51.9 Å². The van der Waals surface area contributed by atoms with E-state index in [1.165, 1.54) is 30.4 Å². The van der Waals surface area contributed by atoms with Crippen LogP contribution in [-0.2, 0) is 6.42 Å². The molecule has 4 rings (SSSR count). The first-order valence-electron chi connectivity index (χ1n) is 8.42. The summed E-state index contributed by atoms with van der Waals surface area (Å²) in [6, 6.07) is 11.6. The van der Waals surface area contributed by atoms with Gasteiger partial charge >= 0.3 is 0 Å². The Hall–Kier alpha value is -2.36. The number of nitrogen functional groups attached to an aromatic ring is 1. The van der Waals surface area contributed by atoms with E-state index in [1.807, 2.05) is 6.07 Å². The van der Waals surface area contributed by atoms with Crippen molar-refractivity contribution in [2.45, 2.75) is 44.6 Å². The van der Waals surface area contributed by atoms with Crippen LogP contribution in [0.4, 0.5) is 5.82 Å². The lowest BCUT2D eigenvalue weighted by molar-refractivity contribution is 0.523.